The average Bonchev–Trinajstić information content (AvgIpc) is 2.57. The Morgan fingerprint density at radius 3 is 2.33 bits per heavy atom. The van der Waals surface area contributed by atoms with Gasteiger partial charge in [-0.2, -0.15) is 0 Å². The zero-order valence-electron chi connectivity index (χ0n) is 14.6. The quantitative estimate of drug-likeness (QED) is 0.401. The monoisotopic (exact) mass is 406 g/mol. The van der Waals surface area contributed by atoms with Gasteiger partial charge >= 0.3 is 0 Å². The molecule has 0 aliphatic heterocycles. The minimum atomic E-state index is -3.44. The van der Waals surface area contributed by atoms with Crippen molar-refractivity contribution in [2.45, 2.75) is 27.7 Å². The Morgan fingerprint density at radius 1 is 1.21 bits per heavy atom. The molecule has 0 aromatic heterocycles. The second-order valence-electron chi connectivity index (χ2n) is 4.49. The Bertz CT molecular complexity index is 815. The minimum absolute atomic E-state index is 0.00559. The fraction of sp³-hybridized carbons (Fsp3) is 0.250. The van der Waals surface area contributed by atoms with E-state index in [-0.39, 0.29) is 10.7 Å². The lowest BCUT2D eigenvalue weighted by atomic mass is 10.1. The Morgan fingerprint density at radius 2 is 1.88 bits per heavy atom. The predicted molar refractivity (Wildman–Crippen MR) is 108 cm³/mol. The third kappa shape index (κ3) is 7.19. The first-order chi connectivity index (χ1) is 11.4. The first kappa shape index (κ1) is 22.2. The number of allylic oxidation sites excluding steroid dienone is 8. The molecule has 0 amide bonds. The van der Waals surface area contributed by atoms with E-state index in [0.29, 0.717) is 11.1 Å². The Labute approximate surface area is 154 Å². The molecule has 0 heterocycles. The lowest BCUT2D eigenvalue weighted by Gasteiger charge is -2.09. The van der Waals surface area contributed by atoms with Gasteiger partial charge in [0.05, 0.1) is 16.2 Å². The van der Waals surface area contributed by atoms with Gasteiger partial charge in [0.25, 0.3) is 0 Å². The highest BCUT2D eigenvalue weighted by Gasteiger charge is 2.20. The van der Waals surface area contributed by atoms with E-state index in [2.05, 4.69) is 39.7 Å². The van der Waals surface area contributed by atoms with Crippen LogP contribution in [0.5, 0.6) is 0 Å². The molecule has 0 bridgehead atoms. The van der Waals surface area contributed by atoms with Gasteiger partial charge in [0.15, 0.2) is 9.84 Å². The lowest BCUT2D eigenvalue weighted by Crippen LogP contribution is -2.09. The van der Waals surface area contributed by atoms with Crippen LogP contribution in [0.25, 0.3) is 0 Å². The molecule has 0 aliphatic carbocycles. The van der Waals surface area contributed by atoms with E-state index in [9.17, 15) is 8.42 Å². The van der Waals surface area contributed by atoms with Crippen molar-refractivity contribution >= 4 is 25.8 Å². The molecule has 0 N–H and O–H groups in total. The van der Waals surface area contributed by atoms with Gasteiger partial charge in [0.1, 0.15) is 0 Å². The van der Waals surface area contributed by atoms with E-state index < -0.39 is 9.84 Å². The fourth-order valence-electron chi connectivity index (χ4n) is 1.63. The third-order valence-electron chi connectivity index (χ3n) is 2.87. The van der Waals surface area contributed by atoms with E-state index in [4.69, 9.17) is 0 Å². The lowest BCUT2D eigenvalue weighted by molar-refractivity contribution is 0.603. The van der Waals surface area contributed by atoms with E-state index >= 15 is 0 Å². The summed E-state index contributed by atoms with van der Waals surface area (Å²) in [5.41, 5.74) is 9.70. The van der Waals surface area contributed by atoms with Crippen molar-refractivity contribution < 1.29 is 8.42 Å². The van der Waals surface area contributed by atoms with E-state index in [1.807, 2.05) is 26.8 Å². The second-order valence-corrected chi connectivity index (χ2v) is 7.65. The number of hydrogen-bond acceptors (Lipinski definition) is 2. The number of sulfone groups is 1. The molecule has 0 radical (unpaired) electrons. The maximum atomic E-state index is 12.4. The summed E-state index contributed by atoms with van der Waals surface area (Å²) in [5, 5.41) is 0. The molecule has 0 aromatic carbocycles. The largest absolute Gasteiger partial charge is 0.224 e. The van der Waals surface area contributed by atoms with Crippen molar-refractivity contribution in [2.24, 2.45) is 0 Å². The molecule has 0 rings (SSSR count). The molecule has 0 fully saturated rings. The predicted octanol–water partition coefficient (Wildman–Crippen LogP) is 5.70. The van der Waals surface area contributed by atoms with Crippen LogP contribution in [0.3, 0.4) is 0 Å². The summed E-state index contributed by atoms with van der Waals surface area (Å²) in [4.78, 5) is 0.172. The zero-order valence-corrected chi connectivity index (χ0v) is 17.0. The summed E-state index contributed by atoms with van der Waals surface area (Å²) >= 11 is 3.36. The van der Waals surface area contributed by atoms with Gasteiger partial charge in [-0.1, -0.05) is 47.7 Å². The smallest absolute Gasteiger partial charge is 0.179 e. The maximum Gasteiger partial charge on any atom is 0.179 e. The molecule has 2 nitrogen and oxygen atoms in total. The van der Waals surface area contributed by atoms with Crippen molar-refractivity contribution in [3.8, 4) is 0 Å². The maximum absolute atomic E-state index is 12.4. The van der Waals surface area contributed by atoms with Gasteiger partial charge in [-0.25, -0.2) is 8.42 Å². The first-order valence-electron chi connectivity index (χ1n) is 7.50. The van der Waals surface area contributed by atoms with Gasteiger partial charge in [-0.15, -0.1) is 17.2 Å². The van der Waals surface area contributed by atoms with Gasteiger partial charge in [-0.05, 0) is 45.1 Å². The summed E-state index contributed by atoms with van der Waals surface area (Å²) in [5.74, 6) is -0.00559. The molecule has 0 saturated heterocycles. The van der Waals surface area contributed by atoms with Crippen molar-refractivity contribution in [1.29, 1.82) is 0 Å². The number of hydrogen-bond donors (Lipinski definition) is 0. The van der Waals surface area contributed by atoms with Crippen LogP contribution in [-0.2, 0) is 9.84 Å². The summed E-state index contributed by atoms with van der Waals surface area (Å²) in [7, 11) is -3.44. The molecule has 0 spiro atoms. The van der Waals surface area contributed by atoms with E-state index in [1.54, 1.807) is 43.4 Å². The summed E-state index contributed by atoms with van der Waals surface area (Å²) in [6.07, 6.45) is 12.0. The van der Waals surface area contributed by atoms with Crippen molar-refractivity contribution in [3.63, 3.8) is 0 Å². The highest BCUT2D eigenvalue weighted by atomic mass is 79.9. The highest BCUT2D eigenvalue weighted by molar-refractivity contribution is 9.11. The second kappa shape index (κ2) is 11.7. The SMILES string of the molecule is C=C=C(C(=C=CC)C=C=C/C(Br)=C\C)/C(=C\C=C/C)S(=O)(=O)CC. The average molecular weight is 407 g/mol. The molecule has 0 unspecified atom stereocenters. The van der Waals surface area contributed by atoms with Crippen LogP contribution in [0.2, 0.25) is 0 Å². The van der Waals surface area contributed by atoms with Gasteiger partial charge in [-0.3, -0.25) is 0 Å². The van der Waals surface area contributed by atoms with Crippen molar-refractivity contribution in [1.82, 2.24) is 0 Å². The molecular weight excluding hydrogens is 384 g/mol. The zero-order chi connectivity index (χ0) is 18.6. The standard InChI is InChI=1S/C20H23BrO2S/c1-6-11-16-20(24(22,23)10-5)19(9-4)17(13-7-2)14-12-15-18(21)8-3/h6-8,11,14-16H,4,10H2,1-3,5H3/b11-6-,18-8+,20-16+. The molecule has 4 heteroatoms. The van der Waals surface area contributed by atoms with Gasteiger partial charge in [0, 0.05) is 10.1 Å². The van der Waals surface area contributed by atoms with E-state index in [0.717, 1.165) is 4.48 Å². The molecule has 0 aromatic rings. The fourth-order valence-corrected chi connectivity index (χ4v) is 2.85. The first-order valence-corrected chi connectivity index (χ1v) is 9.94. The molecule has 0 atom stereocenters. The molecule has 128 valence electrons. The Balaban J connectivity index is 6.41. The molecule has 0 saturated carbocycles. The van der Waals surface area contributed by atoms with Crippen LogP contribution in [0.1, 0.15) is 27.7 Å². The molecule has 0 aliphatic rings. The Kier molecular flexibility index (Phi) is 10.8. The van der Waals surface area contributed by atoms with Crippen molar-refractivity contribution in [2.75, 3.05) is 5.75 Å². The molecular formula is C20H23BrO2S. The van der Waals surface area contributed by atoms with Gasteiger partial charge in [0.2, 0.25) is 0 Å². The number of halogens is 1. The number of rotatable bonds is 7. The topological polar surface area (TPSA) is 34.1 Å². The summed E-state index contributed by atoms with van der Waals surface area (Å²) in [6.45, 7) is 10.8. The third-order valence-corrected chi connectivity index (χ3v) is 5.33. The van der Waals surface area contributed by atoms with Gasteiger partial charge < -0.3 is 0 Å². The normalized spacial score (nSPS) is 12.0. The van der Waals surface area contributed by atoms with Crippen LogP contribution in [0, 0.1) is 0 Å². The van der Waals surface area contributed by atoms with Crippen LogP contribution in [0.4, 0.5) is 0 Å². The van der Waals surface area contributed by atoms with Crippen LogP contribution in [-0.4, -0.2) is 14.2 Å². The summed E-state index contributed by atoms with van der Waals surface area (Å²) in [6, 6.07) is 0. The molecule has 24 heavy (non-hydrogen) atoms. The minimum Gasteiger partial charge on any atom is -0.224 e. The van der Waals surface area contributed by atoms with Crippen LogP contribution in [0.15, 0.2) is 86.8 Å². The Hall–Kier alpha value is -1.79. The highest BCUT2D eigenvalue weighted by Crippen LogP contribution is 2.25. The summed E-state index contributed by atoms with van der Waals surface area (Å²) < 4.78 is 25.8. The van der Waals surface area contributed by atoms with E-state index in [1.165, 1.54) is 0 Å². The van der Waals surface area contributed by atoms with Crippen molar-refractivity contribution in [3.05, 3.63) is 86.8 Å². The van der Waals surface area contributed by atoms with Crippen LogP contribution >= 0.6 is 15.9 Å². The van der Waals surface area contributed by atoms with Crippen LogP contribution < -0.4 is 0 Å².